The van der Waals surface area contributed by atoms with Crippen molar-refractivity contribution < 1.29 is 23.2 Å². The molecule has 0 spiro atoms. The second-order valence-corrected chi connectivity index (χ2v) is 21.2. The number of aromatic nitrogens is 4. The van der Waals surface area contributed by atoms with E-state index in [0.717, 1.165) is 87.0 Å². The number of aromatic amines is 1. The predicted octanol–water partition coefficient (Wildman–Crippen LogP) is 9.11. The summed E-state index contributed by atoms with van der Waals surface area (Å²) in [7, 11) is -4.59. The third-order valence-electron chi connectivity index (χ3n) is 14.0. The van der Waals surface area contributed by atoms with Gasteiger partial charge in [0.2, 0.25) is 0 Å². The standard InChI is InChI=1S/C49H56ClN9O6S/c1-4-49(61)18-13-32(14-19-49)29-52-41-12-10-38(27-45(41)59(62)63)66(64,65)55-47(60)39-11-9-37(26-43(39)58-44-25-34-16-20-51-46(34)54-42(44)30-53-58)57-23-21-56(22-24-57)31-35-15-17-48(2,3)28-40(35)33-5-7-36(50)8-6-33/h5-12,16,20,25-27,30,32,52,61H,4,13-15,17-19,21-24,28-29,31H2,1-3H3,(H,51,54)(H,55,60)/t32-,49-. The van der Waals surface area contributed by atoms with Gasteiger partial charge >= 0.3 is 0 Å². The van der Waals surface area contributed by atoms with Gasteiger partial charge in [0.25, 0.3) is 21.6 Å². The molecule has 3 aromatic heterocycles. The lowest BCUT2D eigenvalue weighted by Gasteiger charge is -2.39. The van der Waals surface area contributed by atoms with E-state index in [2.05, 4.69) is 55.9 Å². The van der Waals surface area contributed by atoms with Crippen molar-refractivity contribution >= 4 is 72.2 Å². The van der Waals surface area contributed by atoms with Gasteiger partial charge in [-0.05, 0) is 128 Å². The normalized spacial score (nSPS) is 20.5. The zero-order valence-corrected chi connectivity index (χ0v) is 39.1. The first-order valence-corrected chi connectivity index (χ1v) is 24.7. The zero-order chi connectivity index (χ0) is 46.4. The van der Waals surface area contributed by atoms with Gasteiger partial charge in [0, 0.05) is 67.6 Å². The number of benzene rings is 3. The molecule has 66 heavy (non-hydrogen) atoms. The van der Waals surface area contributed by atoms with Gasteiger partial charge in [-0.3, -0.25) is 19.8 Å². The summed E-state index contributed by atoms with van der Waals surface area (Å²) in [6.45, 7) is 11.1. The summed E-state index contributed by atoms with van der Waals surface area (Å²) >= 11 is 6.26. The number of halogens is 1. The molecule has 0 radical (unpaired) electrons. The van der Waals surface area contributed by atoms with Crippen LogP contribution in [-0.4, -0.2) is 93.9 Å². The molecule has 1 saturated carbocycles. The summed E-state index contributed by atoms with van der Waals surface area (Å²) in [5.41, 5.74) is 6.52. The molecule has 346 valence electrons. The van der Waals surface area contributed by atoms with Gasteiger partial charge in [-0.15, -0.1) is 0 Å². The third kappa shape index (κ3) is 9.55. The molecule has 1 amide bonds. The molecule has 3 aromatic carbocycles. The number of fused-ring (bicyclic) bond motifs is 2. The van der Waals surface area contributed by atoms with Crippen molar-refractivity contribution in [3.8, 4) is 5.69 Å². The number of nitrogens with one attached hydrogen (secondary N) is 3. The molecule has 3 aliphatic rings. The first-order valence-electron chi connectivity index (χ1n) is 22.8. The molecule has 9 rings (SSSR count). The molecule has 2 aliphatic carbocycles. The van der Waals surface area contributed by atoms with Gasteiger partial charge in [-0.25, -0.2) is 22.8 Å². The van der Waals surface area contributed by atoms with Crippen LogP contribution in [0.1, 0.15) is 88.1 Å². The minimum Gasteiger partial charge on any atom is -0.390 e. The Kier molecular flexibility index (Phi) is 12.4. The molecule has 6 aromatic rings. The number of sulfonamides is 1. The summed E-state index contributed by atoms with van der Waals surface area (Å²) in [6.07, 6.45) is 10.1. The van der Waals surface area contributed by atoms with Crippen LogP contribution in [0.25, 0.3) is 33.3 Å². The first-order chi connectivity index (χ1) is 31.6. The fourth-order valence-electron chi connectivity index (χ4n) is 9.84. The lowest BCUT2D eigenvalue weighted by atomic mass is 9.72. The molecule has 0 bridgehead atoms. The number of hydrogen-bond donors (Lipinski definition) is 4. The van der Waals surface area contributed by atoms with Crippen LogP contribution in [0.15, 0.2) is 95.7 Å². The molecule has 1 saturated heterocycles. The number of hydrogen-bond acceptors (Lipinski definition) is 11. The molecular formula is C49H56ClN9O6S. The Morgan fingerprint density at radius 1 is 1.00 bits per heavy atom. The second-order valence-electron chi connectivity index (χ2n) is 19.0. The number of piperazine rings is 1. The molecule has 4 N–H and O–H groups in total. The highest BCUT2D eigenvalue weighted by Gasteiger charge is 2.33. The Morgan fingerprint density at radius 2 is 1.76 bits per heavy atom. The number of carbonyl (C=O) groups excluding carboxylic acids is 1. The maximum absolute atomic E-state index is 14.2. The van der Waals surface area contributed by atoms with Crippen LogP contribution in [-0.2, 0) is 10.0 Å². The lowest BCUT2D eigenvalue weighted by molar-refractivity contribution is -0.384. The van der Waals surface area contributed by atoms with E-state index >= 15 is 0 Å². The number of nitrogens with zero attached hydrogens (tertiary/aromatic N) is 6. The van der Waals surface area contributed by atoms with Crippen molar-refractivity contribution in [2.45, 2.75) is 82.6 Å². The van der Waals surface area contributed by atoms with Crippen LogP contribution in [0, 0.1) is 21.4 Å². The number of pyridine rings is 1. The Bertz CT molecular complexity index is 2950. The molecule has 1 aliphatic heterocycles. The number of anilines is 2. The fourth-order valence-corrected chi connectivity index (χ4v) is 11.0. The van der Waals surface area contributed by atoms with Crippen LogP contribution in [0.2, 0.25) is 5.02 Å². The quantitative estimate of drug-likeness (QED) is 0.0638. The van der Waals surface area contributed by atoms with Gasteiger partial charge in [0.15, 0.2) is 0 Å². The van der Waals surface area contributed by atoms with Crippen molar-refractivity contribution in [2.75, 3.05) is 49.5 Å². The number of amides is 1. The number of allylic oxidation sites excluding steroid dienone is 1. The first kappa shape index (κ1) is 45.4. The number of nitro groups is 1. The Morgan fingerprint density at radius 3 is 2.48 bits per heavy atom. The molecule has 0 atom stereocenters. The molecule has 15 nitrogen and oxygen atoms in total. The van der Waals surface area contributed by atoms with E-state index in [1.807, 2.05) is 43.3 Å². The van der Waals surface area contributed by atoms with E-state index < -0.39 is 37.0 Å². The highest BCUT2D eigenvalue weighted by Crippen LogP contribution is 2.44. The Balaban J connectivity index is 0.959. The van der Waals surface area contributed by atoms with Crippen LogP contribution in [0.5, 0.6) is 0 Å². The SMILES string of the molecule is CC[C@]1(O)CC[C@H](CNc2ccc(S(=O)(=O)NC(=O)c3ccc(N4CCN(CC5=C(c6ccc(Cl)cc6)CC(C)(C)CC5)CC4)cc3-n3ncc4nc5[nH]ccc5cc43)cc2[N+](=O)[O-])CC1. The average Bonchev–Trinajstić information content (AvgIpc) is 3.95. The largest absolute Gasteiger partial charge is 0.390 e. The van der Waals surface area contributed by atoms with Gasteiger partial charge in [0.1, 0.15) is 16.9 Å². The number of rotatable bonds is 13. The van der Waals surface area contributed by atoms with Crippen molar-refractivity contribution in [2.24, 2.45) is 11.3 Å². The number of carbonyl (C=O) groups is 1. The van der Waals surface area contributed by atoms with E-state index in [4.69, 9.17) is 16.6 Å². The fraction of sp³-hybridized carbons (Fsp3) is 0.408. The summed E-state index contributed by atoms with van der Waals surface area (Å²) in [5, 5.41) is 32.2. The Labute approximate surface area is 389 Å². The van der Waals surface area contributed by atoms with Gasteiger partial charge in [-0.1, -0.05) is 50.1 Å². The average molecular weight is 935 g/mol. The van der Waals surface area contributed by atoms with Crippen molar-refractivity contribution in [3.63, 3.8) is 0 Å². The maximum atomic E-state index is 14.2. The minimum absolute atomic E-state index is 0.0391. The molecule has 2 fully saturated rings. The molecular weight excluding hydrogens is 878 g/mol. The van der Waals surface area contributed by atoms with Crippen molar-refractivity contribution in [1.29, 1.82) is 0 Å². The van der Waals surface area contributed by atoms with E-state index in [-0.39, 0.29) is 22.6 Å². The number of H-pyrrole nitrogens is 1. The van der Waals surface area contributed by atoms with Crippen LogP contribution >= 0.6 is 11.6 Å². The Hall–Kier alpha value is -5.81. The van der Waals surface area contributed by atoms with Crippen LogP contribution in [0.4, 0.5) is 17.1 Å². The predicted molar refractivity (Wildman–Crippen MR) is 259 cm³/mol. The highest BCUT2D eigenvalue weighted by molar-refractivity contribution is 7.90. The summed E-state index contributed by atoms with van der Waals surface area (Å²) in [4.78, 5) is 38.0. The monoisotopic (exact) mass is 933 g/mol. The molecule has 0 unspecified atom stereocenters. The van der Waals surface area contributed by atoms with Crippen molar-refractivity contribution in [1.82, 2.24) is 29.4 Å². The zero-order valence-electron chi connectivity index (χ0n) is 37.5. The van der Waals surface area contributed by atoms with E-state index in [1.165, 1.54) is 28.8 Å². The minimum atomic E-state index is -4.59. The van der Waals surface area contributed by atoms with Crippen LogP contribution < -0.4 is 14.9 Å². The van der Waals surface area contributed by atoms with Gasteiger partial charge in [-0.2, -0.15) is 5.10 Å². The van der Waals surface area contributed by atoms with Crippen molar-refractivity contribution in [3.05, 3.63) is 117 Å². The summed E-state index contributed by atoms with van der Waals surface area (Å²) in [5.74, 6) is -0.719. The topological polar surface area (TPSA) is 192 Å². The highest BCUT2D eigenvalue weighted by atomic mass is 35.5. The van der Waals surface area contributed by atoms with E-state index in [0.29, 0.717) is 48.2 Å². The maximum Gasteiger partial charge on any atom is 0.293 e. The van der Waals surface area contributed by atoms with E-state index in [9.17, 15) is 28.4 Å². The number of nitro benzene ring substituents is 1. The molecule has 17 heteroatoms. The second kappa shape index (κ2) is 18.1. The smallest absolute Gasteiger partial charge is 0.293 e. The van der Waals surface area contributed by atoms with Crippen LogP contribution in [0.3, 0.4) is 0 Å². The van der Waals surface area contributed by atoms with E-state index in [1.54, 1.807) is 23.1 Å². The third-order valence-corrected chi connectivity index (χ3v) is 15.6. The summed E-state index contributed by atoms with van der Waals surface area (Å²) < 4.78 is 31.6. The summed E-state index contributed by atoms with van der Waals surface area (Å²) in [6, 6.07) is 20.9. The molecule has 4 heterocycles. The van der Waals surface area contributed by atoms with Gasteiger partial charge < -0.3 is 20.3 Å². The van der Waals surface area contributed by atoms with Gasteiger partial charge in [0.05, 0.1) is 38.4 Å². The number of aliphatic hydroxyl groups is 1. The lowest BCUT2D eigenvalue weighted by Crippen LogP contribution is -2.47.